The van der Waals surface area contributed by atoms with Crippen molar-refractivity contribution in [3.63, 3.8) is 0 Å². The van der Waals surface area contributed by atoms with Gasteiger partial charge in [0.1, 0.15) is 0 Å². The summed E-state index contributed by atoms with van der Waals surface area (Å²) in [5.74, 6) is 0. The normalized spacial score (nSPS) is 17.9. The first kappa shape index (κ1) is 15.2. The van der Waals surface area contributed by atoms with Crippen molar-refractivity contribution in [2.24, 2.45) is 0 Å². The van der Waals surface area contributed by atoms with Gasteiger partial charge in [0.25, 0.3) is 9.84 Å². The van der Waals surface area contributed by atoms with Crippen LogP contribution in [0.2, 0.25) is 0 Å². The summed E-state index contributed by atoms with van der Waals surface area (Å²) in [5, 5.41) is 2.95. The van der Waals surface area contributed by atoms with Gasteiger partial charge in [0.15, 0.2) is 0 Å². The Labute approximate surface area is 116 Å². The molecule has 0 amide bonds. The van der Waals surface area contributed by atoms with Crippen LogP contribution in [0, 0.1) is 0 Å². The Hall–Kier alpha value is -1.24. The molecule has 1 aliphatic rings. The zero-order chi connectivity index (χ0) is 14.8. The standard InChI is InChI=1S/C13H16F3NO2S/c14-13(15,16)20(18,19)12-9-5-4-8-11(12)17-10-6-2-1-3-7-10/h4-5,8-10,17H,1-3,6-7H2. The van der Waals surface area contributed by atoms with Gasteiger partial charge in [-0.25, -0.2) is 8.42 Å². The van der Waals surface area contributed by atoms with E-state index in [0.717, 1.165) is 38.2 Å². The largest absolute Gasteiger partial charge is 0.501 e. The summed E-state index contributed by atoms with van der Waals surface area (Å²) in [6.07, 6.45) is 4.82. The van der Waals surface area contributed by atoms with Gasteiger partial charge in [0.05, 0.1) is 10.6 Å². The molecule has 1 aliphatic carbocycles. The Kier molecular flexibility index (Phi) is 4.27. The summed E-state index contributed by atoms with van der Waals surface area (Å²) in [6, 6.07) is 5.24. The van der Waals surface area contributed by atoms with E-state index in [0.29, 0.717) is 0 Å². The highest BCUT2D eigenvalue weighted by atomic mass is 32.2. The molecular formula is C13H16F3NO2S. The van der Waals surface area contributed by atoms with Crippen LogP contribution in [0.3, 0.4) is 0 Å². The molecule has 0 heterocycles. The van der Waals surface area contributed by atoms with Crippen molar-refractivity contribution in [1.29, 1.82) is 0 Å². The third-order valence-corrected chi connectivity index (χ3v) is 4.99. The van der Waals surface area contributed by atoms with E-state index in [1.165, 1.54) is 18.2 Å². The molecule has 2 rings (SSSR count). The minimum Gasteiger partial charge on any atom is -0.381 e. The predicted molar refractivity (Wildman–Crippen MR) is 70.2 cm³/mol. The second kappa shape index (κ2) is 5.63. The number of sulfone groups is 1. The van der Waals surface area contributed by atoms with E-state index in [2.05, 4.69) is 5.32 Å². The SMILES string of the molecule is O=S(=O)(c1ccccc1NC1CCCCC1)C(F)(F)F. The van der Waals surface area contributed by atoms with E-state index in [1.807, 2.05) is 0 Å². The van der Waals surface area contributed by atoms with E-state index < -0.39 is 20.2 Å². The highest BCUT2D eigenvalue weighted by Gasteiger charge is 2.48. The van der Waals surface area contributed by atoms with Gasteiger partial charge in [-0.3, -0.25) is 0 Å². The monoisotopic (exact) mass is 307 g/mol. The molecule has 0 radical (unpaired) electrons. The van der Waals surface area contributed by atoms with Crippen molar-refractivity contribution in [3.8, 4) is 0 Å². The Bertz CT molecular complexity index is 563. The Morgan fingerprint density at radius 2 is 1.65 bits per heavy atom. The van der Waals surface area contributed by atoms with E-state index in [4.69, 9.17) is 0 Å². The molecule has 0 saturated heterocycles. The van der Waals surface area contributed by atoms with Crippen LogP contribution in [0.4, 0.5) is 18.9 Å². The molecule has 0 bridgehead atoms. The van der Waals surface area contributed by atoms with Crippen LogP contribution in [0.5, 0.6) is 0 Å². The van der Waals surface area contributed by atoms with Gasteiger partial charge in [0.2, 0.25) is 0 Å². The van der Waals surface area contributed by atoms with E-state index in [9.17, 15) is 21.6 Å². The summed E-state index contributed by atoms with van der Waals surface area (Å²) in [4.78, 5) is -0.696. The second-order valence-electron chi connectivity index (χ2n) is 4.92. The molecule has 0 atom stereocenters. The molecule has 0 aliphatic heterocycles. The van der Waals surface area contributed by atoms with Gasteiger partial charge < -0.3 is 5.32 Å². The van der Waals surface area contributed by atoms with E-state index in [1.54, 1.807) is 0 Å². The summed E-state index contributed by atoms with van der Waals surface area (Å²) in [6.45, 7) is 0. The highest BCUT2D eigenvalue weighted by molar-refractivity contribution is 7.92. The zero-order valence-electron chi connectivity index (χ0n) is 10.8. The Morgan fingerprint density at radius 1 is 1.05 bits per heavy atom. The highest BCUT2D eigenvalue weighted by Crippen LogP contribution is 2.35. The van der Waals surface area contributed by atoms with Crippen LogP contribution in [0.25, 0.3) is 0 Å². The van der Waals surface area contributed by atoms with Crippen LogP contribution in [0.1, 0.15) is 32.1 Å². The first-order valence-electron chi connectivity index (χ1n) is 6.49. The molecule has 7 heteroatoms. The van der Waals surface area contributed by atoms with Crippen molar-refractivity contribution in [2.75, 3.05) is 5.32 Å². The van der Waals surface area contributed by atoms with Gasteiger partial charge in [-0.1, -0.05) is 31.4 Å². The number of benzene rings is 1. The molecule has 1 fully saturated rings. The van der Waals surface area contributed by atoms with Gasteiger partial charge >= 0.3 is 5.51 Å². The number of para-hydroxylation sites is 1. The minimum atomic E-state index is -5.32. The van der Waals surface area contributed by atoms with Crippen LogP contribution >= 0.6 is 0 Å². The second-order valence-corrected chi connectivity index (χ2v) is 6.83. The molecule has 0 unspecified atom stereocenters. The fourth-order valence-corrected chi connectivity index (χ4v) is 3.34. The first-order chi connectivity index (χ1) is 9.32. The molecular weight excluding hydrogens is 291 g/mol. The maximum absolute atomic E-state index is 12.7. The third-order valence-electron chi connectivity index (χ3n) is 3.45. The molecule has 20 heavy (non-hydrogen) atoms. The summed E-state index contributed by atoms with van der Waals surface area (Å²) in [7, 11) is -5.32. The summed E-state index contributed by atoms with van der Waals surface area (Å²) < 4.78 is 61.1. The maximum Gasteiger partial charge on any atom is 0.501 e. The topological polar surface area (TPSA) is 46.2 Å². The van der Waals surface area contributed by atoms with Gasteiger partial charge in [-0.05, 0) is 25.0 Å². The number of rotatable bonds is 3. The van der Waals surface area contributed by atoms with Gasteiger partial charge in [-0.2, -0.15) is 13.2 Å². The number of hydrogen-bond donors (Lipinski definition) is 1. The van der Waals surface area contributed by atoms with Crippen LogP contribution < -0.4 is 5.32 Å². The van der Waals surface area contributed by atoms with Crippen molar-refractivity contribution in [3.05, 3.63) is 24.3 Å². The van der Waals surface area contributed by atoms with Gasteiger partial charge in [0, 0.05) is 6.04 Å². The molecule has 0 aromatic heterocycles. The molecule has 1 aromatic rings. The van der Waals surface area contributed by atoms with Crippen molar-refractivity contribution in [1.82, 2.24) is 0 Å². The lowest BCUT2D eigenvalue weighted by molar-refractivity contribution is -0.0435. The quantitative estimate of drug-likeness (QED) is 0.925. The fraction of sp³-hybridized carbons (Fsp3) is 0.538. The molecule has 1 saturated carbocycles. The summed E-state index contributed by atoms with van der Waals surface area (Å²) in [5.41, 5.74) is -5.24. The molecule has 0 spiro atoms. The third kappa shape index (κ3) is 3.08. The average Bonchev–Trinajstić information content (AvgIpc) is 2.39. The smallest absolute Gasteiger partial charge is 0.381 e. The van der Waals surface area contributed by atoms with Crippen LogP contribution in [-0.4, -0.2) is 20.0 Å². The summed E-state index contributed by atoms with van der Waals surface area (Å²) >= 11 is 0. The van der Waals surface area contributed by atoms with Crippen LogP contribution in [-0.2, 0) is 9.84 Å². The number of hydrogen-bond acceptors (Lipinski definition) is 3. The minimum absolute atomic E-state index is 0.0355. The number of halogens is 3. The number of anilines is 1. The lowest BCUT2D eigenvalue weighted by Gasteiger charge is -2.25. The van der Waals surface area contributed by atoms with E-state index in [-0.39, 0.29) is 11.7 Å². The Balaban J connectivity index is 2.31. The fourth-order valence-electron chi connectivity index (χ4n) is 2.41. The first-order valence-corrected chi connectivity index (χ1v) is 7.97. The maximum atomic E-state index is 12.7. The zero-order valence-corrected chi connectivity index (χ0v) is 11.6. The molecule has 1 N–H and O–H groups in total. The lowest BCUT2D eigenvalue weighted by atomic mass is 9.95. The van der Waals surface area contributed by atoms with E-state index >= 15 is 0 Å². The van der Waals surface area contributed by atoms with Gasteiger partial charge in [-0.15, -0.1) is 0 Å². The van der Waals surface area contributed by atoms with Crippen molar-refractivity contribution in [2.45, 2.75) is 48.5 Å². The predicted octanol–water partition coefficient (Wildman–Crippen LogP) is 3.72. The molecule has 112 valence electrons. The average molecular weight is 307 g/mol. The van der Waals surface area contributed by atoms with Crippen molar-refractivity contribution < 1.29 is 21.6 Å². The Morgan fingerprint density at radius 3 is 2.25 bits per heavy atom. The van der Waals surface area contributed by atoms with Crippen LogP contribution in [0.15, 0.2) is 29.2 Å². The molecule has 1 aromatic carbocycles. The lowest BCUT2D eigenvalue weighted by Crippen LogP contribution is -2.27. The number of nitrogens with one attached hydrogen (secondary N) is 1. The van der Waals surface area contributed by atoms with Crippen molar-refractivity contribution >= 4 is 15.5 Å². The number of alkyl halides is 3. The molecule has 3 nitrogen and oxygen atoms in total.